The molecule has 0 aliphatic rings. The van der Waals surface area contributed by atoms with Gasteiger partial charge in [0.1, 0.15) is 22.3 Å². The van der Waals surface area contributed by atoms with Crippen molar-refractivity contribution in [2.75, 3.05) is 9.80 Å². The summed E-state index contributed by atoms with van der Waals surface area (Å²) < 4.78 is 12.9. The lowest BCUT2D eigenvalue weighted by atomic mass is 9.97. The van der Waals surface area contributed by atoms with Crippen LogP contribution in [0.3, 0.4) is 0 Å². The molecule has 18 rings (SSSR count). The van der Waals surface area contributed by atoms with Crippen LogP contribution in [0.2, 0.25) is 0 Å². The van der Waals surface area contributed by atoms with E-state index >= 15 is 0 Å². The highest BCUT2D eigenvalue weighted by Crippen LogP contribution is 2.48. The van der Waals surface area contributed by atoms with Gasteiger partial charge in [0.05, 0.1) is 11.4 Å². The van der Waals surface area contributed by atoms with Crippen LogP contribution >= 0.6 is 0 Å². The SMILES string of the molecule is c1ccc(-c2ccc(N(c3ccc(-c4cccc5ccccc45)cc3)c3cc4c5ccccc5oc4c4ccccc34)cc2)cc1.c1ccc(-c2cccc(N(c3ccc(-c4ccc5ccccc5c4)cc3)c3cc4c5ccccc5oc4c4ccccc34)c2)cc1. The second-order valence-corrected chi connectivity index (χ2v) is 23.5. The largest absolute Gasteiger partial charge is 0.455 e. The molecule has 0 saturated heterocycles. The monoisotopic (exact) mass is 1170 g/mol. The number of hydrogen-bond donors (Lipinski definition) is 0. The predicted molar refractivity (Wildman–Crippen MR) is 389 cm³/mol. The van der Waals surface area contributed by atoms with Gasteiger partial charge in [0, 0.05) is 65.8 Å². The van der Waals surface area contributed by atoms with Crippen LogP contribution in [0.1, 0.15) is 0 Å². The van der Waals surface area contributed by atoms with Gasteiger partial charge < -0.3 is 18.6 Å². The summed E-state index contributed by atoms with van der Waals surface area (Å²) in [5, 5.41) is 13.9. The van der Waals surface area contributed by atoms with E-state index in [4.69, 9.17) is 8.83 Å². The van der Waals surface area contributed by atoms with Crippen molar-refractivity contribution < 1.29 is 8.83 Å². The molecule has 4 nitrogen and oxygen atoms in total. The van der Waals surface area contributed by atoms with Crippen LogP contribution in [0.25, 0.3) is 131 Å². The fourth-order valence-corrected chi connectivity index (χ4v) is 13.6. The molecule has 432 valence electrons. The first-order valence-electron chi connectivity index (χ1n) is 31.4. The quantitative estimate of drug-likeness (QED) is 0.137. The topological polar surface area (TPSA) is 32.8 Å². The van der Waals surface area contributed by atoms with Gasteiger partial charge >= 0.3 is 0 Å². The fraction of sp³-hybridized carbons (Fsp3) is 0. The van der Waals surface area contributed by atoms with Crippen LogP contribution in [0.5, 0.6) is 0 Å². The van der Waals surface area contributed by atoms with E-state index in [9.17, 15) is 0 Å². The minimum absolute atomic E-state index is 0.900. The summed E-state index contributed by atoms with van der Waals surface area (Å²) in [5.41, 5.74) is 19.8. The number of rotatable bonds is 10. The Labute approximate surface area is 533 Å². The highest BCUT2D eigenvalue weighted by molar-refractivity contribution is 6.21. The smallest absolute Gasteiger partial charge is 0.143 e. The van der Waals surface area contributed by atoms with Crippen molar-refractivity contribution in [3.8, 4) is 44.5 Å². The standard InChI is InChI=1S/2C44H29NO/c1-2-11-30(12-3-1)31-21-25-34(26-22-31)45(35-27-23-33(24-28-35)37-19-10-14-32-13-4-5-15-36(32)37)42-29-41-39-17-8-9-20-43(39)46-44(41)40-18-7-6-16-38(40)42;1-2-11-30(12-3-1)34-15-10-16-37(28-34)45(36-25-23-32(24-26-36)35-22-21-31-13-4-5-14-33(31)27-35)42-29-41-39-18-8-9-20-43(39)46-44(41)40-19-7-6-17-38(40)42/h2*1-29H. The molecule has 0 aliphatic heterocycles. The normalized spacial score (nSPS) is 11.5. The van der Waals surface area contributed by atoms with Crippen molar-refractivity contribution in [3.05, 3.63) is 352 Å². The summed E-state index contributed by atoms with van der Waals surface area (Å²) in [6.45, 7) is 0. The highest BCUT2D eigenvalue weighted by atomic mass is 16.3. The average molecular weight is 1180 g/mol. The Balaban J connectivity index is 0.000000141. The maximum atomic E-state index is 6.47. The Morgan fingerprint density at radius 2 is 0.554 bits per heavy atom. The predicted octanol–water partition coefficient (Wildman–Crippen LogP) is 25.4. The van der Waals surface area contributed by atoms with Gasteiger partial charge in [-0.3, -0.25) is 0 Å². The molecule has 4 heteroatoms. The lowest BCUT2D eigenvalue weighted by Crippen LogP contribution is -2.10. The van der Waals surface area contributed by atoms with E-state index in [1.165, 1.54) is 66.1 Å². The molecular formula is C88H58N2O2. The number of anilines is 6. The fourth-order valence-electron chi connectivity index (χ4n) is 13.6. The van der Waals surface area contributed by atoms with Gasteiger partial charge in [-0.1, -0.05) is 273 Å². The molecule has 92 heavy (non-hydrogen) atoms. The highest BCUT2D eigenvalue weighted by Gasteiger charge is 2.23. The van der Waals surface area contributed by atoms with E-state index in [0.29, 0.717) is 0 Å². The summed E-state index contributed by atoms with van der Waals surface area (Å²) >= 11 is 0. The van der Waals surface area contributed by atoms with E-state index in [1.54, 1.807) is 0 Å². The Bertz CT molecular complexity index is 5750. The Kier molecular flexibility index (Phi) is 13.5. The van der Waals surface area contributed by atoms with Crippen LogP contribution in [0.4, 0.5) is 34.1 Å². The first-order valence-corrected chi connectivity index (χ1v) is 31.4. The maximum Gasteiger partial charge on any atom is 0.143 e. The first-order chi connectivity index (χ1) is 45.6. The van der Waals surface area contributed by atoms with Crippen molar-refractivity contribution >= 4 is 121 Å². The molecule has 18 aromatic rings. The molecular weight excluding hydrogens is 1120 g/mol. The maximum absolute atomic E-state index is 6.47. The zero-order valence-electron chi connectivity index (χ0n) is 50.2. The van der Waals surface area contributed by atoms with E-state index in [1.807, 2.05) is 12.1 Å². The number of hydrogen-bond acceptors (Lipinski definition) is 4. The molecule has 16 aromatic carbocycles. The summed E-state index contributed by atoms with van der Waals surface area (Å²) in [4.78, 5) is 4.77. The molecule has 0 saturated carbocycles. The van der Waals surface area contributed by atoms with Gasteiger partial charge in [0.25, 0.3) is 0 Å². The van der Waals surface area contributed by atoms with E-state index in [2.05, 4.69) is 350 Å². The van der Waals surface area contributed by atoms with Gasteiger partial charge in [-0.25, -0.2) is 0 Å². The molecule has 0 radical (unpaired) electrons. The van der Waals surface area contributed by atoms with Gasteiger partial charge in [-0.05, 0) is 145 Å². The van der Waals surface area contributed by atoms with Crippen molar-refractivity contribution in [2.24, 2.45) is 0 Å². The van der Waals surface area contributed by atoms with Crippen LogP contribution in [-0.2, 0) is 0 Å². The van der Waals surface area contributed by atoms with Gasteiger partial charge in [-0.15, -0.1) is 0 Å². The van der Waals surface area contributed by atoms with Crippen molar-refractivity contribution in [1.29, 1.82) is 0 Å². The number of furan rings is 2. The molecule has 2 heterocycles. The van der Waals surface area contributed by atoms with Crippen molar-refractivity contribution in [2.45, 2.75) is 0 Å². The number of nitrogens with zero attached hydrogens (tertiary/aromatic N) is 2. The molecule has 0 spiro atoms. The minimum atomic E-state index is 0.900. The third-order valence-electron chi connectivity index (χ3n) is 18.1. The summed E-state index contributed by atoms with van der Waals surface area (Å²) in [6.07, 6.45) is 0. The van der Waals surface area contributed by atoms with Crippen molar-refractivity contribution in [3.63, 3.8) is 0 Å². The molecule has 0 fully saturated rings. The lowest BCUT2D eigenvalue weighted by molar-refractivity contribution is 0.672. The lowest BCUT2D eigenvalue weighted by Gasteiger charge is -2.28. The minimum Gasteiger partial charge on any atom is -0.455 e. The second-order valence-electron chi connectivity index (χ2n) is 23.5. The molecule has 0 amide bonds. The Morgan fingerprint density at radius 1 is 0.185 bits per heavy atom. The van der Waals surface area contributed by atoms with Gasteiger partial charge in [0.2, 0.25) is 0 Å². The molecule has 0 N–H and O–H groups in total. The first kappa shape index (κ1) is 54.0. The van der Waals surface area contributed by atoms with Crippen molar-refractivity contribution in [1.82, 2.24) is 0 Å². The summed E-state index contributed by atoms with van der Waals surface area (Å²) in [6, 6.07) is 126. The van der Waals surface area contributed by atoms with Crippen LogP contribution in [-0.4, -0.2) is 0 Å². The molecule has 0 aliphatic carbocycles. The van der Waals surface area contributed by atoms with Crippen LogP contribution in [0, 0.1) is 0 Å². The zero-order chi connectivity index (χ0) is 60.9. The van der Waals surface area contributed by atoms with Gasteiger partial charge in [0.15, 0.2) is 0 Å². The second kappa shape index (κ2) is 23.0. The van der Waals surface area contributed by atoms with Gasteiger partial charge in [-0.2, -0.15) is 0 Å². The van der Waals surface area contributed by atoms with E-state index < -0.39 is 0 Å². The number of fused-ring (bicyclic) bond motifs is 12. The summed E-state index contributed by atoms with van der Waals surface area (Å²) in [7, 11) is 0. The third kappa shape index (κ3) is 9.75. The number of para-hydroxylation sites is 2. The average Bonchev–Trinajstić information content (AvgIpc) is 1.50. The van der Waals surface area contributed by atoms with E-state index in [-0.39, 0.29) is 0 Å². The molecule has 0 unspecified atom stereocenters. The molecule has 0 atom stereocenters. The Morgan fingerprint density at radius 3 is 1.12 bits per heavy atom. The third-order valence-corrected chi connectivity index (χ3v) is 18.1. The zero-order valence-corrected chi connectivity index (χ0v) is 50.2. The van der Waals surface area contributed by atoms with E-state index in [0.717, 1.165) is 99.5 Å². The molecule has 0 bridgehead atoms. The molecule has 2 aromatic heterocycles. The number of benzene rings is 16. The van der Waals surface area contributed by atoms with Crippen LogP contribution < -0.4 is 9.80 Å². The summed E-state index contributed by atoms with van der Waals surface area (Å²) in [5.74, 6) is 0. The van der Waals surface area contributed by atoms with Crippen LogP contribution in [0.15, 0.2) is 361 Å². The Hall–Kier alpha value is -12.2.